The molecule has 1 aliphatic heterocycles. The number of hydrogen-bond donors (Lipinski definition) is 0. The molecule has 0 aliphatic carbocycles. The number of fused-ring (bicyclic) bond motifs is 1. The second-order valence-electron chi connectivity index (χ2n) is 5.28. The highest BCUT2D eigenvalue weighted by Gasteiger charge is 2.22. The van der Waals surface area contributed by atoms with Crippen LogP contribution in [0.1, 0.15) is 5.56 Å². The van der Waals surface area contributed by atoms with Crippen molar-refractivity contribution < 1.29 is 9.13 Å². The van der Waals surface area contributed by atoms with Crippen LogP contribution in [0.4, 0.5) is 16.0 Å². The van der Waals surface area contributed by atoms with Crippen molar-refractivity contribution in [2.75, 3.05) is 11.4 Å². The minimum absolute atomic E-state index is 0.297. The Hall–Kier alpha value is -2.95. The van der Waals surface area contributed by atoms with Gasteiger partial charge in [0.25, 0.3) is 0 Å². The molecule has 0 saturated heterocycles. The van der Waals surface area contributed by atoms with Gasteiger partial charge < -0.3 is 9.64 Å². The Labute approximate surface area is 133 Å². The molecule has 0 bridgehead atoms. The van der Waals surface area contributed by atoms with E-state index >= 15 is 0 Å². The van der Waals surface area contributed by atoms with Crippen LogP contribution >= 0.6 is 0 Å². The first-order valence-electron chi connectivity index (χ1n) is 7.41. The molecule has 0 fully saturated rings. The minimum Gasteiger partial charge on any atom is -0.439 e. The first kappa shape index (κ1) is 13.7. The van der Waals surface area contributed by atoms with E-state index in [1.54, 1.807) is 24.4 Å². The third-order valence-electron chi connectivity index (χ3n) is 3.78. The number of ether oxygens (including phenoxy) is 1. The predicted octanol–water partition coefficient (Wildman–Crippen LogP) is 4.10. The molecular formula is C18H14FN3O. The van der Waals surface area contributed by atoms with E-state index in [1.165, 1.54) is 17.7 Å². The molecule has 3 aromatic rings. The van der Waals surface area contributed by atoms with Gasteiger partial charge in [-0.25, -0.2) is 9.37 Å². The highest BCUT2D eigenvalue weighted by molar-refractivity contribution is 5.65. The van der Waals surface area contributed by atoms with Gasteiger partial charge in [0.05, 0.1) is 0 Å². The molecule has 0 amide bonds. The van der Waals surface area contributed by atoms with Crippen molar-refractivity contribution in [2.24, 2.45) is 0 Å². The molecule has 0 N–H and O–H groups in total. The Kier molecular flexibility index (Phi) is 3.38. The largest absolute Gasteiger partial charge is 0.439 e. The van der Waals surface area contributed by atoms with Crippen molar-refractivity contribution in [3.63, 3.8) is 0 Å². The highest BCUT2D eigenvalue weighted by Crippen LogP contribution is 2.33. The van der Waals surface area contributed by atoms with Crippen molar-refractivity contribution in [2.45, 2.75) is 6.42 Å². The highest BCUT2D eigenvalue weighted by atomic mass is 19.1. The standard InChI is InChI=1S/C18H14FN3O/c19-14-5-7-15(8-6-14)23-17-9-11-20-18(21-17)22-12-10-13-3-1-2-4-16(13)22/h1-9,11H,10,12H2. The van der Waals surface area contributed by atoms with Crippen molar-refractivity contribution >= 4 is 11.6 Å². The SMILES string of the molecule is Fc1ccc(Oc2ccnc(N3CCc4ccccc43)n2)cc1. The smallest absolute Gasteiger partial charge is 0.233 e. The fourth-order valence-corrected chi connectivity index (χ4v) is 2.69. The summed E-state index contributed by atoms with van der Waals surface area (Å²) in [6, 6.07) is 15.8. The van der Waals surface area contributed by atoms with E-state index in [0.717, 1.165) is 18.7 Å². The molecule has 2 aromatic carbocycles. The lowest BCUT2D eigenvalue weighted by Gasteiger charge is -2.17. The zero-order valence-corrected chi connectivity index (χ0v) is 12.3. The van der Waals surface area contributed by atoms with Crippen molar-refractivity contribution in [3.05, 3.63) is 72.2 Å². The van der Waals surface area contributed by atoms with E-state index in [4.69, 9.17) is 4.74 Å². The Morgan fingerprint density at radius 3 is 2.70 bits per heavy atom. The summed E-state index contributed by atoms with van der Waals surface area (Å²) in [5, 5.41) is 0. The van der Waals surface area contributed by atoms with Crippen LogP contribution in [0.15, 0.2) is 60.8 Å². The summed E-state index contributed by atoms with van der Waals surface area (Å²) < 4.78 is 18.6. The van der Waals surface area contributed by atoms with Gasteiger partial charge in [-0.05, 0) is 42.3 Å². The fraction of sp³-hybridized carbons (Fsp3) is 0.111. The number of benzene rings is 2. The van der Waals surface area contributed by atoms with Gasteiger partial charge in [0.15, 0.2) is 0 Å². The maximum absolute atomic E-state index is 12.9. The number of rotatable bonds is 3. The average molecular weight is 307 g/mol. The lowest BCUT2D eigenvalue weighted by Crippen LogP contribution is -2.16. The van der Waals surface area contributed by atoms with Crippen LogP contribution in [0.25, 0.3) is 0 Å². The number of aromatic nitrogens is 2. The minimum atomic E-state index is -0.297. The van der Waals surface area contributed by atoms with E-state index in [0.29, 0.717) is 17.6 Å². The van der Waals surface area contributed by atoms with Gasteiger partial charge in [-0.3, -0.25) is 0 Å². The molecule has 4 rings (SSSR count). The van der Waals surface area contributed by atoms with Crippen LogP contribution < -0.4 is 9.64 Å². The van der Waals surface area contributed by atoms with E-state index in [2.05, 4.69) is 27.0 Å². The maximum atomic E-state index is 12.9. The van der Waals surface area contributed by atoms with Crippen LogP contribution in [0.5, 0.6) is 11.6 Å². The van der Waals surface area contributed by atoms with E-state index in [-0.39, 0.29) is 5.82 Å². The molecule has 5 heteroatoms. The zero-order valence-electron chi connectivity index (χ0n) is 12.3. The molecule has 1 aliphatic rings. The summed E-state index contributed by atoms with van der Waals surface area (Å²) in [7, 11) is 0. The summed E-state index contributed by atoms with van der Waals surface area (Å²) in [4.78, 5) is 10.9. The number of nitrogens with zero attached hydrogens (tertiary/aromatic N) is 3. The first-order chi connectivity index (χ1) is 11.3. The molecule has 0 spiro atoms. The summed E-state index contributed by atoms with van der Waals surface area (Å²) >= 11 is 0. The second kappa shape index (κ2) is 5.68. The van der Waals surface area contributed by atoms with Crippen LogP contribution in [0.2, 0.25) is 0 Å². The molecule has 0 atom stereocenters. The Morgan fingerprint density at radius 1 is 1.00 bits per heavy atom. The summed E-state index contributed by atoms with van der Waals surface area (Å²) in [5.74, 6) is 1.29. The maximum Gasteiger partial charge on any atom is 0.233 e. The molecular weight excluding hydrogens is 293 g/mol. The number of para-hydroxylation sites is 1. The summed E-state index contributed by atoms with van der Waals surface area (Å²) in [5.41, 5.74) is 2.42. The molecule has 23 heavy (non-hydrogen) atoms. The summed E-state index contributed by atoms with van der Waals surface area (Å²) in [6.07, 6.45) is 2.64. The number of halogens is 1. The average Bonchev–Trinajstić information content (AvgIpc) is 3.01. The molecule has 1 aromatic heterocycles. The van der Waals surface area contributed by atoms with Crippen molar-refractivity contribution in [1.29, 1.82) is 0 Å². The van der Waals surface area contributed by atoms with Gasteiger partial charge in [-0.15, -0.1) is 0 Å². The molecule has 114 valence electrons. The molecule has 4 nitrogen and oxygen atoms in total. The normalized spacial score (nSPS) is 13.0. The van der Waals surface area contributed by atoms with Gasteiger partial charge in [0.2, 0.25) is 11.8 Å². The quantitative estimate of drug-likeness (QED) is 0.730. The lowest BCUT2D eigenvalue weighted by molar-refractivity contribution is 0.460. The topological polar surface area (TPSA) is 38.2 Å². The number of anilines is 2. The second-order valence-corrected chi connectivity index (χ2v) is 5.28. The monoisotopic (exact) mass is 307 g/mol. The van der Waals surface area contributed by atoms with Crippen LogP contribution in [0, 0.1) is 5.82 Å². The molecule has 0 unspecified atom stereocenters. The van der Waals surface area contributed by atoms with Crippen LogP contribution in [-0.4, -0.2) is 16.5 Å². The Morgan fingerprint density at radius 2 is 1.83 bits per heavy atom. The van der Waals surface area contributed by atoms with Gasteiger partial charge in [0.1, 0.15) is 11.6 Å². The lowest BCUT2D eigenvalue weighted by atomic mass is 10.2. The predicted molar refractivity (Wildman–Crippen MR) is 85.7 cm³/mol. The molecule has 0 radical (unpaired) electrons. The van der Waals surface area contributed by atoms with Gasteiger partial charge >= 0.3 is 0 Å². The van der Waals surface area contributed by atoms with Gasteiger partial charge in [-0.2, -0.15) is 4.98 Å². The van der Waals surface area contributed by atoms with Crippen LogP contribution in [-0.2, 0) is 6.42 Å². The molecule has 2 heterocycles. The Balaban J connectivity index is 1.61. The van der Waals surface area contributed by atoms with E-state index in [1.807, 2.05) is 12.1 Å². The van der Waals surface area contributed by atoms with Crippen molar-refractivity contribution in [3.8, 4) is 11.6 Å². The van der Waals surface area contributed by atoms with Gasteiger partial charge in [-0.1, -0.05) is 18.2 Å². The fourth-order valence-electron chi connectivity index (χ4n) is 2.69. The Bertz CT molecular complexity index is 836. The molecule has 0 saturated carbocycles. The zero-order chi connectivity index (χ0) is 15.6. The van der Waals surface area contributed by atoms with Crippen LogP contribution in [0.3, 0.4) is 0 Å². The van der Waals surface area contributed by atoms with E-state index in [9.17, 15) is 4.39 Å². The van der Waals surface area contributed by atoms with E-state index < -0.39 is 0 Å². The van der Waals surface area contributed by atoms with Crippen molar-refractivity contribution in [1.82, 2.24) is 9.97 Å². The number of hydrogen-bond acceptors (Lipinski definition) is 4. The van der Waals surface area contributed by atoms with Gasteiger partial charge in [0, 0.05) is 24.5 Å². The summed E-state index contributed by atoms with van der Waals surface area (Å²) in [6.45, 7) is 0.847. The first-order valence-corrected chi connectivity index (χ1v) is 7.41. The third-order valence-corrected chi connectivity index (χ3v) is 3.78. The third kappa shape index (κ3) is 2.73.